The smallest absolute Gasteiger partial charge is 0.336 e. The number of carboxylic acids is 1. The van der Waals surface area contributed by atoms with Crippen LogP contribution in [0.5, 0.6) is 23.0 Å². The highest BCUT2D eigenvalue weighted by Gasteiger charge is 2.28. The van der Waals surface area contributed by atoms with Crippen LogP contribution < -0.4 is 18.9 Å². The van der Waals surface area contributed by atoms with Gasteiger partial charge < -0.3 is 24.1 Å². The van der Waals surface area contributed by atoms with Crippen LogP contribution in [0.4, 0.5) is 0 Å². The van der Waals surface area contributed by atoms with Crippen molar-refractivity contribution < 1.29 is 33.6 Å². The number of ether oxygens (including phenoxy) is 4. The van der Waals surface area contributed by atoms with Gasteiger partial charge in [0, 0.05) is 16.7 Å². The molecule has 2 aromatic rings. The van der Waals surface area contributed by atoms with Crippen LogP contribution in [-0.2, 0) is 0 Å². The van der Waals surface area contributed by atoms with Crippen LogP contribution in [0.2, 0.25) is 0 Å². The Hall–Kier alpha value is -3.22. The molecule has 0 radical (unpaired) electrons. The number of hydrogen-bond donors (Lipinski definition) is 1. The summed E-state index contributed by atoms with van der Waals surface area (Å²) in [4.78, 5) is 24.1. The molecular formula is C19H20O7. The Bertz CT molecular complexity index is 784. The summed E-state index contributed by atoms with van der Waals surface area (Å²) in [6, 6.07) is 6.03. The molecule has 0 saturated heterocycles. The standard InChI is InChI=1S/C19H20O7/c1-10(20)11-6-8-13(23-2)17(25-4)15(11)16-12(19(21)22)7-9-14(24-3)18(16)26-5/h6-9H,1-5H3,(H,21,22). The molecule has 0 bridgehead atoms. The first-order valence-electron chi connectivity index (χ1n) is 7.65. The summed E-state index contributed by atoms with van der Waals surface area (Å²) in [6.07, 6.45) is 0. The van der Waals surface area contributed by atoms with E-state index in [4.69, 9.17) is 18.9 Å². The molecule has 0 atom stereocenters. The minimum Gasteiger partial charge on any atom is -0.493 e. The summed E-state index contributed by atoms with van der Waals surface area (Å²) in [6.45, 7) is 1.39. The van der Waals surface area contributed by atoms with Crippen LogP contribution in [0.25, 0.3) is 11.1 Å². The molecule has 0 aliphatic carbocycles. The number of ketones is 1. The fourth-order valence-electron chi connectivity index (χ4n) is 2.82. The van der Waals surface area contributed by atoms with Crippen molar-refractivity contribution in [3.63, 3.8) is 0 Å². The molecule has 0 aliphatic heterocycles. The number of rotatable bonds is 7. The zero-order valence-corrected chi connectivity index (χ0v) is 15.2. The second kappa shape index (κ2) is 7.77. The first-order valence-corrected chi connectivity index (χ1v) is 7.65. The van der Waals surface area contributed by atoms with Crippen molar-refractivity contribution in [3.05, 3.63) is 35.4 Å². The topological polar surface area (TPSA) is 91.3 Å². The van der Waals surface area contributed by atoms with Gasteiger partial charge in [0.2, 0.25) is 0 Å². The van der Waals surface area contributed by atoms with Crippen molar-refractivity contribution in [1.29, 1.82) is 0 Å². The number of Topliss-reactive ketones (excluding diaryl/α,β-unsaturated/α-hetero) is 1. The average molecular weight is 360 g/mol. The van der Waals surface area contributed by atoms with Crippen molar-refractivity contribution in [1.82, 2.24) is 0 Å². The Morgan fingerprint density at radius 3 is 1.50 bits per heavy atom. The van der Waals surface area contributed by atoms with Crippen molar-refractivity contribution in [2.75, 3.05) is 28.4 Å². The Balaban J connectivity index is 3.08. The average Bonchev–Trinajstić information content (AvgIpc) is 2.64. The van der Waals surface area contributed by atoms with E-state index in [0.717, 1.165) is 0 Å². The van der Waals surface area contributed by atoms with Crippen molar-refractivity contribution in [3.8, 4) is 34.1 Å². The zero-order chi connectivity index (χ0) is 19.4. The Labute approximate surface area is 151 Å². The Kier molecular flexibility index (Phi) is 5.71. The van der Waals surface area contributed by atoms with E-state index in [1.54, 1.807) is 12.1 Å². The summed E-state index contributed by atoms with van der Waals surface area (Å²) < 4.78 is 21.5. The molecule has 0 saturated carbocycles. The van der Waals surface area contributed by atoms with Gasteiger partial charge in [-0.05, 0) is 31.2 Å². The maximum atomic E-state index is 12.2. The lowest BCUT2D eigenvalue weighted by molar-refractivity contribution is 0.0697. The fraction of sp³-hybridized carbons (Fsp3) is 0.263. The second-order valence-electron chi connectivity index (χ2n) is 5.31. The molecule has 2 aromatic carbocycles. The van der Waals surface area contributed by atoms with E-state index in [1.165, 1.54) is 47.5 Å². The van der Waals surface area contributed by atoms with E-state index < -0.39 is 5.97 Å². The van der Waals surface area contributed by atoms with Crippen molar-refractivity contribution in [2.24, 2.45) is 0 Å². The summed E-state index contributed by atoms with van der Waals surface area (Å²) in [5.41, 5.74) is 0.668. The van der Waals surface area contributed by atoms with Crippen LogP contribution >= 0.6 is 0 Å². The molecule has 0 fully saturated rings. The van der Waals surface area contributed by atoms with Gasteiger partial charge in [0.25, 0.3) is 0 Å². The van der Waals surface area contributed by atoms with Crippen molar-refractivity contribution >= 4 is 11.8 Å². The van der Waals surface area contributed by atoms with Gasteiger partial charge in [-0.15, -0.1) is 0 Å². The SMILES string of the molecule is COc1ccc(C(C)=O)c(-c2c(C(=O)O)ccc(OC)c2OC)c1OC. The van der Waals surface area contributed by atoms with E-state index in [0.29, 0.717) is 11.5 Å². The number of carbonyl (C=O) groups excluding carboxylic acids is 1. The van der Waals surface area contributed by atoms with Crippen LogP contribution in [-0.4, -0.2) is 45.3 Å². The van der Waals surface area contributed by atoms with Gasteiger partial charge in [0.05, 0.1) is 34.0 Å². The maximum absolute atomic E-state index is 12.2. The highest BCUT2D eigenvalue weighted by Crippen LogP contribution is 2.48. The predicted molar refractivity (Wildman–Crippen MR) is 95.0 cm³/mol. The first kappa shape index (κ1) is 19.1. The minimum absolute atomic E-state index is 0.0586. The predicted octanol–water partition coefficient (Wildman–Crippen LogP) is 3.29. The van der Waals surface area contributed by atoms with Crippen LogP contribution in [0.3, 0.4) is 0 Å². The molecule has 0 spiro atoms. The lowest BCUT2D eigenvalue weighted by Crippen LogP contribution is -2.08. The lowest BCUT2D eigenvalue weighted by atomic mass is 9.91. The number of carbonyl (C=O) groups is 2. The summed E-state index contributed by atoms with van der Waals surface area (Å²) in [7, 11) is 5.71. The van der Waals surface area contributed by atoms with E-state index in [2.05, 4.69) is 0 Å². The third-order valence-corrected chi connectivity index (χ3v) is 3.95. The number of hydrogen-bond acceptors (Lipinski definition) is 6. The van der Waals surface area contributed by atoms with E-state index >= 15 is 0 Å². The third-order valence-electron chi connectivity index (χ3n) is 3.95. The number of carboxylic acid groups (broad SMARTS) is 1. The van der Waals surface area contributed by atoms with Crippen LogP contribution in [0.1, 0.15) is 27.6 Å². The van der Waals surface area contributed by atoms with Gasteiger partial charge in [0.15, 0.2) is 28.8 Å². The van der Waals surface area contributed by atoms with Crippen molar-refractivity contribution in [2.45, 2.75) is 6.92 Å². The quantitative estimate of drug-likeness (QED) is 0.758. The monoisotopic (exact) mass is 360 g/mol. The van der Waals surface area contributed by atoms with Gasteiger partial charge in [-0.1, -0.05) is 0 Å². The van der Waals surface area contributed by atoms with E-state index in [1.807, 2.05) is 0 Å². The molecule has 138 valence electrons. The maximum Gasteiger partial charge on any atom is 0.336 e. The largest absolute Gasteiger partial charge is 0.493 e. The number of methoxy groups -OCH3 is 4. The Morgan fingerprint density at radius 1 is 0.731 bits per heavy atom. The highest BCUT2D eigenvalue weighted by molar-refractivity contribution is 6.08. The molecule has 7 nitrogen and oxygen atoms in total. The fourth-order valence-corrected chi connectivity index (χ4v) is 2.82. The van der Waals surface area contributed by atoms with E-state index in [-0.39, 0.29) is 39.5 Å². The summed E-state index contributed by atoms with van der Waals surface area (Å²) in [5.74, 6) is -0.348. The van der Waals surface area contributed by atoms with Gasteiger partial charge in [-0.3, -0.25) is 4.79 Å². The molecule has 0 aliphatic rings. The lowest BCUT2D eigenvalue weighted by Gasteiger charge is -2.20. The summed E-state index contributed by atoms with van der Waals surface area (Å²) >= 11 is 0. The Morgan fingerprint density at radius 2 is 1.15 bits per heavy atom. The van der Waals surface area contributed by atoms with Gasteiger partial charge in [-0.25, -0.2) is 4.79 Å². The molecule has 7 heteroatoms. The molecule has 2 rings (SSSR count). The molecule has 0 heterocycles. The first-order chi connectivity index (χ1) is 12.4. The van der Waals surface area contributed by atoms with E-state index in [9.17, 15) is 14.7 Å². The number of aromatic carboxylic acids is 1. The normalized spacial score (nSPS) is 10.2. The number of benzene rings is 2. The van der Waals surface area contributed by atoms with Crippen LogP contribution in [0, 0.1) is 0 Å². The molecule has 1 N–H and O–H groups in total. The van der Waals surface area contributed by atoms with Gasteiger partial charge in [0.1, 0.15) is 0 Å². The molecular weight excluding hydrogens is 340 g/mol. The second-order valence-corrected chi connectivity index (χ2v) is 5.31. The van der Waals surface area contributed by atoms with Gasteiger partial charge in [-0.2, -0.15) is 0 Å². The molecule has 26 heavy (non-hydrogen) atoms. The molecule has 0 amide bonds. The molecule has 0 unspecified atom stereocenters. The zero-order valence-electron chi connectivity index (χ0n) is 15.2. The van der Waals surface area contributed by atoms with Crippen LogP contribution in [0.15, 0.2) is 24.3 Å². The minimum atomic E-state index is -1.18. The highest BCUT2D eigenvalue weighted by atomic mass is 16.5. The molecule has 0 aromatic heterocycles. The third kappa shape index (κ3) is 3.15. The van der Waals surface area contributed by atoms with Gasteiger partial charge >= 0.3 is 5.97 Å². The summed E-state index contributed by atoms with van der Waals surface area (Å²) in [5, 5.41) is 9.68.